The predicted octanol–water partition coefficient (Wildman–Crippen LogP) is 2.01. The summed E-state index contributed by atoms with van der Waals surface area (Å²) in [5.74, 6) is -0.808. The molecule has 0 aliphatic heterocycles. The van der Waals surface area contributed by atoms with Crippen LogP contribution in [0.25, 0.3) is 5.82 Å². The van der Waals surface area contributed by atoms with Crippen molar-refractivity contribution < 1.29 is 17.6 Å². The first-order valence-corrected chi connectivity index (χ1v) is 4.42. The third-order valence-corrected chi connectivity index (χ3v) is 1.99. The molecule has 0 amide bonds. The van der Waals surface area contributed by atoms with Crippen LogP contribution in [0.2, 0.25) is 0 Å². The summed E-state index contributed by atoms with van der Waals surface area (Å²) in [5, 5.41) is 3.47. The number of halogens is 4. The molecule has 4 nitrogen and oxygen atoms in total. The molecule has 0 aromatic carbocycles. The Morgan fingerprint density at radius 3 is 2.41 bits per heavy atom. The maximum Gasteiger partial charge on any atom is 0.435 e. The highest BCUT2D eigenvalue weighted by Crippen LogP contribution is 2.34. The molecule has 0 saturated carbocycles. The second-order valence-electron chi connectivity index (χ2n) is 3.19. The van der Waals surface area contributed by atoms with Crippen LogP contribution < -0.4 is 5.73 Å². The number of alkyl halides is 3. The van der Waals surface area contributed by atoms with Crippen LogP contribution in [0.3, 0.4) is 0 Å². The van der Waals surface area contributed by atoms with Crippen LogP contribution in [0.1, 0.15) is 5.69 Å². The molecule has 0 radical (unpaired) electrons. The van der Waals surface area contributed by atoms with Crippen LogP contribution in [0.4, 0.5) is 23.2 Å². The summed E-state index contributed by atoms with van der Waals surface area (Å²) >= 11 is 0. The predicted molar refractivity (Wildman–Crippen MR) is 50.7 cm³/mol. The number of nitrogen functional groups attached to an aromatic ring is 1. The van der Waals surface area contributed by atoms with E-state index in [1.807, 2.05) is 0 Å². The molecule has 0 atom stereocenters. The molecule has 0 bridgehead atoms. The molecular weight excluding hydrogens is 240 g/mol. The van der Waals surface area contributed by atoms with Gasteiger partial charge in [0.15, 0.2) is 11.5 Å². The van der Waals surface area contributed by atoms with E-state index in [0.29, 0.717) is 4.68 Å². The zero-order chi connectivity index (χ0) is 12.6. The van der Waals surface area contributed by atoms with Gasteiger partial charge in [-0.1, -0.05) is 0 Å². The van der Waals surface area contributed by atoms with E-state index >= 15 is 0 Å². The van der Waals surface area contributed by atoms with Crippen molar-refractivity contribution in [1.29, 1.82) is 0 Å². The first-order valence-electron chi connectivity index (χ1n) is 4.42. The molecule has 0 spiro atoms. The van der Waals surface area contributed by atoms with Gasteiger partial charge >= 0.3 is 6.18 Å². The highest BCUT2D eigenvalue weighted by Gasteiger charge is 2.38. The lowest BCUT2D eigenvalue weighted by molar-refractivity contribution is -0.142. The molecule has 0 fully saturated rings. The summed E-state index contributed by atoms with van der Waals surface area (Å²) in [5.41, 5.74) is 3.55. The minimum atomic E-state index is -4.66. The number of rotatable bonds is 1. The third kappa shape index (κ3) is 2.05. The number of pyridine rings is 1. The maximum atomic E-state index is 12.7. The lowest BCUT2D eigenvalue weighted by Gasteiger charge is -2.10. The van der Waals surface area contributed by atoms with Gasteiger partial charge in [0.05, 0.1) is 18.1 Å². The van der Waals surface area contributed by atoms with Crippen molar-refractivity contribution in [1.82, 2.24) is 14.8 Å². The summed E-state index contributed by atoms with van der Waals surface area (Å²) < 4.78 is 51.1. The Morgan fingerprint density at radius 2 is 1.88 bits per heavy atom. The lowest BCUT2D eigenvalue weighted by atomic mass is 10.3. The van der Waals surface area contributed by atoms with E-state index in [9.17, 15) is 17.6 Å². The van der Waals surface area contributed by atoms with E-state index < -0.39 is 23.4 Å². The first-order chi connectivity index (χ1) is 7.89. The highest BCUT2D eigenvalue weighted by molar-refractivity contribution is 5.46. The SMILES string of the molecule is Nc1cnn(-c2ccc(F)cn2)c1C(F)(F)F. The Bertz CT molecular complexity index is 529. The van der Waals surface area contributed by atoms with Crippen molar-refractivity contribution in [2.24, 2.45) is 0 Å². The van der Waals surface area contributed by atoms with Crippen LogP contribution in [0, 0.1) is 5.82 Å². The molecule has 2 heterocycles. The van der Waals surface area contributed by atoms with Gasteiger partial charge in [0.2, 0.25) is 0 Å². The fraction of sp³-hybridized carbons (Fsp3) is 0.111. The molecule has 0 saturated heterocycles. The summed E-state index contributed by atoms with van der Waals surface area (Å²) in [4.78, 5) is 3.51. The van der Waals surface area contributed by atoms with Gasteiger partial charge in [0.1, 0.15) is 5.82 Å². The Morgan fingerprint density at radius 1 is 1.18 bits per heavy atom. The van der Waals surface area contributed by atoms with Crippen molar-refractivity contribution in [3.05, 3.63) is 36.0 Å². The van der Waals surface area contributed by atoms with Crippen LogP contribution in [-0.4, -0.2) is 14.8 Å². The van der Waals surface area contributed by atoms with Gasteiger partial charge < -0.3 is 5.73 Å². The van der Waals surface area contributed by atoms with E-state index in [-0.39, 0.29) is 5.82 Å². The van der Waals surface area contributed by atoms with E-state index in [4.69, 9.17) is 5.73 Å². The van der Waals surface area contributed by atoms with Gasteiger partial charge in [0, 0.05) is 0 Å². The molecule has 8 heteroatoms. The van der Waals surface area contributed by atoms with Crippen molar-refractivity contribution in [3.8, 4) is 5.82 Å². The number of hydrogen-bond donors (Lipinski definition) is 1. The van der Waals surface area contributed by atoms with Crippen LogP contribution >= 0.6 is 0 Å². The fourth-order valence-corrected chi connectivity index (χ4v) is 1.31. The zero-order valence-electron chi connectivity index (χ0n) is 8.24. The molecule has 2 N–H and O–H groups in total. The molecule has 0 unspecified atom stereocenters. The minimum absolute atomic E-state index is 0.157. The number of nitrogens with zero attached hydrogens (tertiary/aromatic N) is 3. The summed E-state index contributed by atoms with van der Waals surface area (Å²) in [7, 11) is 0. The number of anilines is 1. The molecule has 0 aliphatic rings. The molecule has 0 aliphatic carbocycles. The Hall–Kier alpha value is -2.12. The third-order valence-electron chi connectivity index (χ3n) is 1.99. The number of nitrogens with two attached hydrogens (primary N) is 1. The molecule has 2 aromatic heterocycles. The van der Waals surface area contributed by atoms with E-state index in [0.717, 1.165) is 24.5 Å². The number of hydrogen-bond acceptors (Lipinski definition) is 3. The Kier molecular flexibility index (Phi) is 2.49. The van der Waals surface area contributed by atoms with Crippen molar-refractivity contribution in [3.63, 3.8) is 0 Å². The second kappa shape index (κ2) is 3.72. The van der Waals surface area contributed by atoms with Gasteiger partial charge in [0.25, 0.3) is 0 Å². The van der Waals surface area contributed by atoms with E-state index in [2.05, 4.69) is 10.1 Å². The van der Waals surface area contributed by atoms with Crippen molar-refractivity contribution in [2.75, 3.05) is 5.73 Å². The normalized spacial score (nSPS) is 11.8. The smallest absolute Gasteiger partial charge is 0.396 e. The average Bonchev–Trinajstić information content (AvgIpc) is 2.61. The molecular formula is C9H6F4N4. The van der Waals surface area contributed by atoms with Crippen molar-refractivity contribution >= 4 is 5.69 Å². The second-order valence-corrected chi connectivity index (χ2v) is 3.19. The van der Waals surface area contributed by atoms with Gasteiger partial charge in [-0.25, -0.2) is 14.1 Å². The maximum absolute atomic E-state index is 12.7. The van der Waals surface area contributed by atoms with E-state index in [1.165, 1.54) is 0 Å². The number of aromatic nitrogens is 3. The molecule has 90 valence electrons. The van der Waals surface area contributed by atoms with Crippen LogP contribution in [0.15, 0.2) is 24.5 Å². The lowest BCUT2D eigenvalue weighted by Crippen LogP contribution is -2.15. The molecule has 2 rings (SSSR count). The summed E-state index contributed by atoms with van der Waals surface area (Å²) in [6.45, 7) is 0. The Labute approximate surface area is 92.7 Å². The fourth-order valence-electron chi connectivity index (χ4n) is 1.31. The van der Waals surface area contributed by atoms with E-state index in [1.54, 1.807) is 0 Å². The minimum Gasteiger partial charge on any atom is -0.396 e. The van der Waals surface area contributed by atoms with Crippen LogP contribution in [0.5, 0.6) is 0 Å². The molecule has 2 aromatic rings. The monoisotopic (exact) mass is 246 g/mol. The summed E-state index contributed by atoms with van der Waals surface area (Å²) in [6, 6.07) is 2.07. The standard InChI is InChI=1S/C9H6F4N4/c10-5-1-2-7(15-3-5)17-8(9(11,12)13)6(14)4-16-17/h1-4H,14H2. The quantitative estimate of drug-likeness (QED) is 0.783. The van der Waals surface area contributed by atoms with Gasteiger partial charge in [-0.15, -0.1) is 0 Å². The first kappa shape index (κ1) is 11.4. The van der Waals surface area contributed by atoms with Crippen molar-refractivity contribution in [2.45, 2.75) is 6.18 Å². The highest BCUT2D eigenvalue weighted by atomic mass is 19.4. The molecule has 17 heavy (non-hydrogen) atoms. The Balaban J connectivity index is 2.57. The van der Waals surface area contributed by atoms with Gasteiger partial charge in [-0.2, -0.15) is 18.3 Å². The average molecular weight is 246 g/mol. The topological polar surface area (TPSA) is 56.7 Å². The summed E-state index contributed by atoms with van der Waals surface area (Å²) in [6.07, 6.45) is -2.99. The van der Waals surface area contributed by atoms with Gasteiger partial charge in [-0.3, -0.25) is 0 Å². The zero-order valence-corrected chi connectivity index (χ0v) is 8.24. The van der Waals surface area contributed by atoms with Crippen LogP contribution in [-0.2, 0) is 6.18 Å². The largest absolute Gasteiger partial charge is 0.435 e. The van der Waals surface area contributed by atoms with Gasteiger partial charge in [-0.05, 0) is 12.1 Å².